The second-order valence-corrected chi connectivity index (χ2v) is 4.72. The lowest BCUT2D eigenvalue weighted by Crippen LogP contribution is -2.08. The first kappa shape index (κ1) is 14.0. The highest BCUT2D eigenvalue weighted by atomic mass is 16.5. The molecule has 0 bridgehead atoms. The third-order valence-electron chi connectivity index (χ3n) is 3.15. The van der Waals surface area contributed by atoms with Crippen molar-refractivity contribution in [1.82, 2.24) is 0 Å². The summed E-state index contributed by atoms with van der Waals surface area (Å²) in [5, 5.41) is 0. The van der Waals surface area contributed by atoms with Gasteiger partial charge in [-0.1, -0.05) is 24.3 Å². The molecule has 3 nitrogen and oxygen atoms in total. The van der Waals surface area contributed by atoms with E-state index in [1.165, 1.54) is 6.92 Å². The molecule has 0 aliphatic heterocycles. The second-order valence-electron chi connectivity index (χ2n) is 4.72. The van der Waals surface area contributed by atoms with Gasteiger partial charge < -0.3 is 4.74 Å². The van der Waals surface area contributed by atoms with Crippen LogP contribution < -0.4 is 4.74 Å². The Bertz CT molecular complexity index is 672. The first-order chi connectivity index (χ1) is 9.49. The molecule has 0 fully saturated rings. The van der Waals surface area contributed by atoms with E-state index in [1.807, 2.05) is 26.0 Å². The Morgan fingerprint density at radius 1 is 0.950 bits per heavy atom. The Morgan fingerprint density at radius 3 is 2.30 bits per heavy atom. The zero-order valence-corrected chi connectivity index (χ0v) is 11.8. The second kappa shape index (κ2) is 5.70. The Kier molecular flexibility index (Phi) is 3.99. The molecule has 0 amide bonds. The molecule has 0 N–H and O–H groups in total. The van der Waals surface area contributed by atoms with Crippen molar-refractivity contribution in [3.05, 3.63) is 64.7 Å². The minimum Gasteiger partial charge on any atom is -0.426 e. The van der Waals surface area contributed by atoms with E-state index in [2.05, 4.69) is 0 Å². The number of aryl methyl sites for hydroxylation is 2. The molecule has 2 aromatic rings. The van der Waals surface area contributed by atoms with Crippen molar-refractivity contribution >= 4 is 11.8 Å². The van der Waals surface area contributed by atoms with Gasteiger partial charge in [-0.25, -0.2) is 0 Å². The molecule has 2 aromatic carbocycles. The third kappa shape index (κ3) is 2.94. The summed E-state index contributed by atoms with van der Waals surface area (Å²) in [6.45, 7) is 5.28. The van der Waals surface area contributed by atoms with Gasteiger partial charge in [0.1, 0.15) is 5.75 Å². The number of rotatable bonds is 3. The molecular weight excluding hydrogens is 252 g/mol. The van der Waals surface area contributed by atoms with Gasteiger partial charge in [-0.2, -0.15) is 0 Å². The monoisotopic (exact) mass is 268 g/mol. The van der Waals surface area contributed by atoms with Gasteiger partial charge in [0.25, 0.3) is 0 Å². The number of hydrogen-bond donors (Lipinski definition) is 0. The molecule has 0 atom stereocenters. The molecule has 0 aliphatic carbocycles. The van der Waals surface area contributed by atoms with Crippen LogP contribution in [0.25, 0.3) is 0 Å². The van der Waals surface area contributed by atoms with Gasteiger partial charge in [0.2, 0.25) is 0 Å². The highest BCUT2D eigenvalue weighted by molar-refractivity contribution is 6.11. The molecule has 0 radical (unpaired) electrons. The maximum atomic E-state index is 12.5. The van der Waals surface area contributed by atoms with Gasteiger partial charge in [0.05, 0.1) is 5.56 Å². The SMILES string of the molecule is CC(=O)Oc1ccccc1C(=O)c1ccc(C)c(C)c1. The van der Waals surface area contributed by atoms with Crippen molar-refractivity contribution < 1.29 is 14.3 Å². The van der Waals surface area contributed by atoms with E-state index in [4.69, 9.17) is 4.74 Å². The van der Waals surface area contributed by atoms with Crippen molar-refractivity contribution in [2.75, 3.05) is 0 Å². The van der Waals surface area contributed by atoms with E-state index in [0.717, 1.165) is 11.1 Å². The number of benzene rings is 2. The van der Waals surface area contributed by atoms with Crippen molar-refractivity contribution in [3.63, 3.8) is 0 Å². The summed E-state index contributed by atoms with van der Waals surface area (Å²) in [7, 11) is 0. The van der Waals surface area contributed by atoms with Crippen molar-refractivity contribution in [3.8, 4) is 5.75 Å². The average Bonchev–Trinajstić information content (AvgIpc) is 2.41. The Morgan fingerprint density at radius 2 is 1.65 bits per heavy atom. The van der Waals surface area contributed by atoms with Crippen LogP contribution in [-0.4, -0.2) is 11.8 Å². The molecule has 102 valence electrons. The van der Waals surface area contributed by atoms with E-state index < -0.39 is 5.97 Å². The van der Waals surface area contributed by atoms with Crippen LogP contribution in [0.5, 0.6) is 5.75 Å². The molecule has 0 heterocycles. The van der Waals surface area contributed by atoms with E-state index in [0.29, 0.717) is 16.9 Å². The zero-order chi connectivity index (χ0) is 14.7. The summed E-state index contributed by atoms with van der Waals surface area (Å²) in [6, 6.07) is 12.3. The smallest absolute Gasteiger partial charge is 0.308 e. The molecule has 0 aliphatic rings. The molecular formula is C17H16O3. The molecule has 0 saturated carbocycles. The molecule has 0 saturated heterocycles. The van der Waals surface area contributed by atoms with E-state index >= 15 is 0 Å². The average molecular weight is 268 g/mol. The summed E-state index contributed by atoms with van der Waals surface area (Å²) in [6.07, 6.45) is 0. The van der Waals surface area contributed by atoms with Gasteiger partial charge in [0.15, 0.2) is 5.78 Å². The lowest BCUT2D eigenvalue weighted by atomic mass is 9.99. The maximum Gasteiger partial charge on any atom is 0.308 e. The van der Waals surface area contributed by atoms with Gasteiger partial charge in [0, 0.05) is 12.5 Å². The van der Waals surface area contributed by atoms with E-state index in [-0.39, 0.29) is 5.78 Å². The number of hydrogen-bond acceptors (Lipinski definition) is 3. The topological polar surface area (TPSA) is 43.4 Å². The highest BCUT2D eigenvalue weighted by Crippen LogP contribution is 2.22. The first-order valence-corrected chi connectivity index (χ1v) is 6.38. The lowest BCUT2D eigenvalue weighted by molar-refractivity contribution is -0.131. The van der Waals surface area contributed by atoms with Crippen LogP contribution in [0.3, 0.4) is 0 Å². The molecule has 2 rings (SSSR count). The van der Waals surface area contributed by atoms with Crippen molar-refractivity contribution in [1.29, 1.82) is 0 Å². The van der Waals surface area contributed by atoms with Gasteiger partial charge in [-0.05, 0) is 43.2 Å². The predicted octanol–water partition coefficient (Wildman–Crippen LogP) is 3.46. The summed E-state index contributed by atoms with van der Waals surface area (Å²) in [5.41, 5.74) is 3.18. The van der Waals surface area contributed by atoms with Gasteiger partial charge >= 0.3 is 5.97 Å². The molecule has 3 heteroatoms. The zero-order valence-electron chi connectivity index (χ0n) is 11.8. The summed E-state index contributed by atoms with van der Waals surface area (Å²) in [5.74, 6) is -0.293. The normalized spacial score (nSPS) is 10.2. The molecule has 0 unspecified atom stereocenters. The Labute approximate surface area is 118 Å². The number of para-hydroxylation sites is 1. The number of esters is 1. The number of carbonyl (C=O) groups is 2. The number of ether oxygens (including phenoxy) is 1. The molecule has 0 spiro atoms. The van der Waals surface area contributed by atoms with Gasteiger partial charge in [-0.15, -0.1) is 0 Å². The largest absolute Gasteiger partial charge is 0.426 e. The fourth-order valence-electron chi connectivity index (χ4n) is 1.94. The first-order valence-electron chi connectivity index (χ1n) is 6.38. The van der Waals surface area contributed by atoms with E-state index in [1.54, 1.807) is 30.3 Å². The lowest BCUT2D eigenvalue weighted by Gasteiger charge is -2.09. The Balaban J connectivity index is 2.42. The van der Waals surface area contributed by atoms with Crippen LogP contribution in [0.1, 0.15) is 34.0 Å². The van der Waals surface area contributed by atoms with Crippen LogP contribution in [0.4, 0.5) is 0 Å². The minimum absolute atomic E-state index is 0.148. The standard InChI is InChI=1S/C17H16O3/c1-11-8-9-14(10-12(11)2)17(19)15-6-4-5-7-16(15)20-13(3)18/h4-10H,1-3H3. The molecule has 0 aromatic heterocycles. The maximum absolute atomic E-state index is 12.5. The van der Waals surface area contributed by atoms with Crippen LogP contribution >= 0.6 is 0 Å². The number of carbonyl (C=O) groups excluding carboxylic acids is 2. The number of ketones is 1. The highest BCUT2D eigenvalue weighted by Gasteiger charge is 2.15. The van der Waals surface area contributed by atoms with Crippen LogP contribution in [0.2, 0.25) is 0 Å². The molecule has 20 heavy (non-hydrogen) atoms. The minimum atomic E-state index is -0.440. The predicted molar refractivity (Wildman–Crippen MR) is 77.1 cm³/mol. The summed E-state index contributed by atoms with van der Waals surface area (Å²) < 4.78 is 5.08. The summed E-state index contributed by atoms with van der Waals surface area (Å²) in [4.78, 5) is 23.6. The Hall–Kier alpha value is -2.42. The van der Waals surface area contributed by atoms with Crippen LogP contribution in [0.15, 0.2) is 42.5 Å². The fraction of sp³-hybridized carbons (Fsp3) is 0.176. The van der Waals surface area contributed by atoms with Crippen molar-refractivity contribution in [2.45, 2.75) is 20.8 Å². The van der Waals surface area contributed by atoms with Gasteiger partial charge in [-0.3, -0.25) is 9.59 Å². The fourth-order valence-corrected chi connectivity index (χ4v) is 1.94. The van der Waals surface area contributed by atoms with Crippen molar-refractivity contribution in [2.24, 2.45) is 0 Å². The van der Waals surface area contributed by atoms with Crippen LogP contribution in [0, 0.1) is 13.8 Å². The quantitative estimate of drug-likeness (QED) is 0.486. The van der Waals surface area contributed by atoms with Crippen LogP contribution in [-0.2, 0) is 4.79 Å². The van der Waals surface area contributed by atoms with E-state index in [9.17, 15) is 9.59 Å². The third-order valence-corrected chi connectivity index (χ3v) is 3.15. The summed E-state index contributed by atoms with van der Waals surface area (Å²) >= 11 is 0.